The summed E-state index contributed by atoms with van der Waals surface area (Å²) in [7, 11) is -3.39. The number of nitrogens with zero attached hydrogens (tertiary/aromatic N) is 1. The zero-order chi connectivity index (χ0) is 13.9. The van der Waals surface area contributed by atoms with Gasteiger partial charge in [0.05, 0.1) is 11.5 Å². The van der Waals surface area contributed by atoms with Crippen molar-refractivity contribution >= 4 is 10.0 Å². The van der Waals surface area contributed by atoms with Crippen molar-refractivity contribution in [1.82, 2.24) is 9.62 Å². The van der Waals surface area contributed by atoms with E-state index in [1.54, 1.807) is 24.3 Å². The maximum absolute atomic E-state index is 12.5. The third kappa shape index (κ3) is 3.26. The number of hydrogen-bond donors (Lipinski definition) is 1. The topological polar surface area (TPSA) is 58.6 Å². The molecule has 0 aromatic heterocycles. The van der Waals surface area contributed by atoms with Gasteiger partial charge in [-0.1, -0.05) is 0 Å². The molecular weight excluding hydrogens is 264 g/mol. The molecule has 1 fully saturated rings. The molecule has 1 aromatic carbocycles. The third-order valence-electron chi connectivity index (χ3n) is 3.10. The highest BCUT2D eigenvalue weighted by Crippen LogP contribution is 2.20. The smallest absolute Gasteiger partial charge is 0.243 e. The van der Waals surface area contributed by atoms with Gasteiger partial charge in [-0.2, -0.15) is 4.31 Å². The molecule has 0 aliphatic carbocycles. The summed E-state index contributed by atoms with van der Waals surface area (Å²) >= 11 is 0. The number of benzene rings is 1. The summed E-state index contributed by atoms with van der Waals surface area (Å²) in [4.78, 5) is 0.324. The first-order chi connectivity index (χ1) is 9.04. The van der Waals surface area contributed by atoms with Crippen LogP contribution in [0.3, 0.4) is 0 Å². The summed E-state index contributed by atoms with van der Waals surface area (Å²) in [6.45, 7) is 6.17. The van der Waals surface area contributed by atoms with E-state index in [9.17, 15) is 8.42 Å². The predicted molar refractivity (Wildman–Crippen MR) is 73.8 cm³/mol. The van der Waals surface area contributed by atoms with Gasteiger partial charge in [-0.15, -0.1) is 0 Å². The molecule has 1 aliphatic heterocycles. The minimum atomic E-state index is -3.39. The molecule has 0 bridgehead atoms. The maximum atomic E-state index is 12.5. The van der Waals surface area contributed by atoms with Crippen LogP contribution in [-0.2, 0) is 10.0 Å². The van der Waals surface area contributed by atoms with E-state index < -0.39 is 10.0 Å². The average molecular weight is 284 g/mol. The highest BCUT2D eigenvalue weighted by Gasteiger charge is 2.28. The molecule has 1 heterocycles. The van der Waals surface area contributed by atoms with Crippen molar-refractivity contribution in [3.63, 3.8) is 0 Å². The van der Waals surface area contributed by atoms with Gasteiger partial charge in [-0.25, -0.2) is 8.42 Å². The van der Waals surface area contributed by atoms with E-state index in [1.807, 2.05) is 13.8 Å². The zero-order valence-electron chi connectivity index (χ0n) is 11.3. The second kappa shape index (κ2) is 5.90. The minimum absolute atomic E-state index is 0.186. The van der Waals surface area contributed by atoms with Gasteiger partial charge in [-0.05, 0) is 38.1 Å². The first-order valence-electron chi connectivity index (χ1n) is 6.50. The lowest BCUT2D eigenvalue weighted by molar-refractivity contribution is 0.310. The number of ether oxygens (including phenoxy) is 1. The molecule has 0 unspecified atom stereocenters. The third-order valence-corrected chi connectivity index (χ3v) is 4.98. The summed E-state index contributed by atoms with van der Waals surface area (Å²) < 4.78 is 31.8. The Balaban J connectivity index is 2.18. The molecule has 1 saturated heterocycles. The fourth-order valence-corrected chi connectivity index (χ4v) is 3.67. The molecule has 1 N–H and O–H groups in total. The summed E-state index contributed by atoms with van der Waals surface area (Å²) in [6, 6.07) is 6.79. The molecule has 0 radical (unpaired) electrons. The summed E-state index contributed by atoms with van der Waals surface area (Å²) in [5, 5.41) is 3.24. The van der Waals surface area contributed by atoms with Crippen LogP contribution in [-0.4, -0.2) is 45.0 Å². The van der Waals surface area contributed by atoms with Crippen molar-refractivity contribution in [2.45, 2.75) is 24.8 Å². The van der Waals surface area contributed by atoms with Crippen LogP contribution in [0.25, 0.3) is 0 Å². The van der Waals surface area contributed by atoms with Crippen molar-refractivity contribution in [2.75, 3.05) is 26.2 Å². The van der Waals surface area contributed by atoms with Gasteiger partial charge in [0.2, 0.25) is 10.0 Å². The van der Waals surface area contributed by atoms with Crippen molar-refractivity contribution in [2.24, 2.45) is 0 Å². The van der Waals surface area contributed by atoms with E-state index in [2.05, 4.69) is 5.32 Å². The zero-order valence-corrected chi connectivity index (χ0v) is 12.1. The quantitative estimate of drug-likeness (QED) is 0.898. The monoisotopic (exact) mass is 284 g/mol. The highest BCUT2D eigenvalue weighted by atomic mass is 32.2. The first-order valence-corrected chi connectivity index (χ1v) is 7.94. The van der Waals surface area contributed by atoms with Crippen LogP contribution >= 0.6 is 0 Å². The summed E-state index contributed by atoms with van der Waals surface area (Å²) in [6.07, 6.45) is 0. The molecule has 6 heteroatoms. The van der Waals surface area contributed by atoms with Gasteiger partial charge in [0, 0.05) is 25.7 Å². The van der Waals surface area contributed by atoms with E-state index >= 15 is 0 Å². The number of hydrogen-bond acceptors (Lipinski definition) is 4. The van der Waals surface area contributed by atoms with Crippen LogP contribution in [0.4, 0.5) is 0 Å². The molecule has 0 spiro atoms. The molecule has 1 aliphatic rings. The summed E-state index contributed by atoms with van der Waals surface area (Å²) in [5.41, 5.74) is 0. The van der Waals surface area contributed by atoms with Crippen LogP contribution in [0.15, 0.2) is 29.2 Å². The lowest BCUT2D eigenvalue weighted by Gasteiger charge is -2.31. The second-order valence-corrected chi connectivity index (χ2v) is 6.56. The molecule has 106 valence electrons. The first kappa shape index (κ1) is 14.3. The molecule has 1 aromatic rings. The van der Waals surface area contributed by atoms with Crippen LogP contribution in [0.1, 0.15) is 13.8 Å². The van der Waals surface area contributed by atoms with Crippen molar-refractivity contribution < 1.29 is 13.2 Å². The number of rotatable bonds is 4. The lowest BCUT2D eigenvalue weighted by Crippen LogP contribution is -2.51. The lowest BCUT2D eigenvalue weighted by atomic mass is 10.3. The Morgan fingerprint density at radius 2 is 2.05 bits per heavy atom. The van der Waals surface area contributed by atoms with Crippen molar-refractivity contribution in [1.29, 1.82) is 0 Å². The largest absolute Gasteiger partial charge is 0.494 e. The Morgan fingerprint density at radius 1 is 1.37 bits per heavy atom. The SMILES string of the molecule is CCOc1ccc(S(=O)(=O)N2CCN[C@H](C)C2)cc1. The van der Waals surface area contributed by atoms with Crippen molar-refractivity contribution in [3.05, 3.63) is 24.3 Å². The Hall–Kier alpha value is -1.11. The van der Waals surface area contributed by atoms with Crippen LogP contribution < -0.4 is 10.1 Å². The van der Waals surface area contributed by atoms with E-state index in [0.717, 1.165) is 0 Å². The minimum Gasteiger partial charge on any atom is -0.494 e. The second-order valence-electron chi connectivity index (χ2n) is 4.62. The molecular formula is C13H20N2O3S. The van der Waals surface area contributed by atoms with Gasteiger partial charge in [-0.3, -0.25) is 0 Å². The van der Waals surface area contributed by atoms with Crippen LogP contribution in [0, 0.1) is 0 Å². The van der Waals surface area contributed by atoms with E-state index in [0.29, 0.717) is 36.9 Å². The Labute approximate surface area is 114 Å². The molecule has 5 nitrogen and oxygen atoms in total. The van der Waals surface area contributed by atoms with Gasteiger partial charge < -0.3 is 10.1 Å². The molecule has 0 amide bonds. The molecule has 0 saturated carbocycles. The van der Waals surface area contributed by atoms with Gasteiger partial charge in [0.15, 0.2) is 0 Å². The van der Waals surface area contributed by atoms with E-state index in [4.69, 9.17) is 4.74 Å². The fourth-order valence-electron chi connectivity index (χ4n) is 2.14. The van der Waals surface area contributed by atoms with Crippen LogP contribution in [0.2, 0.25) is 0 Å². The Bertz CT molecular complexity index is 513. The number of sulfonamides is 1. The summed E-state index contributed by atoms with van der Waals surface area (Å²) in [5.74, 6) is 0.690. The maximum Gasteiger partial charge on any atom is 0.243 e. The van der Waals surface area contributed by atoms with E-state index in [1.165, 1.54) is 4.31 Å². The molecule has 2 rings (SSSR count). The molecule has 1 atom stereocenters. The average Bonchev–Trinajstić information content (AvgIpc) is 2.40. The number of piperazine rings is 1. The number of nitrogens with one attached hydrogen (secondary N) is 1. The van der Waals surface area contributed by atoms with Gasteiger partial charge >= 0.3 is 0 Å². The predicted octanol–water partition coefficient (Wildman–Crippen LogP) is 1.07. The van der Waals surface area contributed by atoms with Gasteiger partial charge in [0.25, 0.3) is 0 Å². The van der Waals surface area contributed by atoms with Gasteiger partial charge in [0.1, 0.15) is 5.75 Å². The van der Waals surface area contributed by atoms with Crippen LogP contribution in [0.5, 0.6) is 5.75 Å². The normalized spacial score (nSPS) is 21.3. The molecule has 19 heavy (non-hydrogen) atoms. The fraction of sp³-hybridized carbons (Fsp3) is 0.538. The highest BCUT2D eigenvalue weighted by molar-refractivity contribution is 7.89. The standard InChI is InChI=1S/C13H20N2O3S/c1-3-18-12-4-6-13(7-5-12)19(16,17)15-9-8-14-11(2)10-15/h4-7,11,14H,3,8-10H2,1-2H3/t11-/m1/s1. The Kier molecular flexibility index (Phi) is 4.44. The Morgan fingerprint density at radius 3 is 2.63 bits per heavy atom. The van der Waals surface area contributed by atoms with Crippen molar-refractivity contribution in [3.8, 4) is 5.75 Å². The van der Waals surface area contributed by atoms with E-state index in [-0.39, 0.29) is 6.04 Å².